The van der Waals surface area contributed by atoms with Crippen LogP contribution in [0.4, 0.5) is 0 Å². The van der Waals surface area contributed by atoms with Crippen LogP contribution >= 0.6 is 11.8 Å². The molecule has 8 heteroatoms. The van der Waals surface area contributed by atoms with Gasteiger partial charge in [0.25, 0.3) is 5.56 Å². The number of hydrogen-bond donors (Lipinski definition) is 4. The number of aromatic nitrogens is 2. The molecule has 2 heterocycles. The Morgan fingerprint density at radius 3 is 2.65 bits per heavy atom. The maximum Gasteiger partial charge on any atom is 0.329 e. The van der Waals surface area contributed by atoms with Gasteiger partial charge in [-0.3, -0.25) is 14.3 Å². The highest BCUT2D eigenvalue weighted by molar-refractivity contribution is 8.00. The Morgan fingerprint density at radius 2 is 2.10 bits per heavy atom. The predicted octanol–water partition coefficient (Wildman–Crippen LogP) is -1.41. The van der Waals surface area contributed by atoms with Gasteiger partial charge in [0.2, 0.25) is 0 Å². The van der Waals surface area contributed by atoms with E-state index in [2.05, 4.69) is 11.6 Å². The molecule has 4 N–H and O–H groups in total. The van der Waals surface area contributed by atoms with E-state index in [1.165, 1.54) is 22.5 Å². The first-order valence-corrected chi connectivity index (χ1v) is 7.02. The van der Waals surface area contributed by atoms with E-state index >= 15 is 0 Å². The third-order valence-corrected chi connectivity index (χ3v) is 4.75. The molecule has 0 saturated carbocycles. The lowest BCUT2D eigenvalue weighted by molar-refractivity contribution is 0.172. The fraction of sp³-hybridized carbons (Fsp3) is 0.500. The van der Waals surface area contributed by atoms with Gasteiger partial charge >= 0.3 is 5.69 Å². The zero-order chi connectivity index (χ0) is 14.9. The molecule has 1 fully saturated rings. The third kappa shape index (κ3) is 2.59. The van der Waals surface area contributed by atoms with Crippen LogP contribution in [0.25, 0.3) is 0 Å². The monoisotopic (exact) mass is 300 g/mol. The van der Waals surface area contributed by atoms with Crippen LogP contribution in [0.2, 0.25) is 0 Å². The molecule has 0 unspecified atom stereocenters. The lowest BCUT2D eigenvalue weighted by atomic mass is 10.1. The molecule has 20 heavy (non-hydrogen) atoms. The van der Waals surface area contributed by atoms with Crippen molar-refractivity contribution < 1.29 is 15.3 Å². The van der Waals surface area contributed by atoms with Crippen LogP contribution in [-0.2, 0) is 6.42 Å². The van der Waals surface area contributed by atoms with E-state index in [1.54, 1.807) is 0 Å². The first kappa shape index (κ1) is 15.0. The van der Waals surface area contributed by atoms with Gasteiger partial charge in [-0.25, -0.2) is 4.79 Å². The molecule has 110 valence electrons. The van der Waals surface area contributed by atoms with Crippen molar-refractivity contribution in [3.05, 3.63) is 44.8 Å². The fourth-order valence-corrected chi connectivity index (χ4v) is 3.44. The van der Waals surface area contributed by atoms with Crippen molar-refractivity contribution in [2.24, 2.45) is 0 Å². The molecule has 0 spiro atoms. The van der Waals surface area contributed by atoms with Crippen LogP contribution in [0.3, 0.4) is 0 Å². The predicted molar refractivity (Wildman–Crippen MR) is 74.8 cm³/mol. The van der Waals surface area contributed by atoms with Crippen molar-refractivity contribution in [1.82, 2.24) is 9.55 Å². The highest BCUT2D eigenvalue weighted by Gasteiger charge is 2.38. The van der Waals surface area contributed by atoms with Crippen molar-refractivity contribution in [1.29, 1.82) is 0 Å². The Labute approximate surface area is 118 Å². The largest absolute Gasteiger partial charge is 0.396 e. The normalized spacial score (nSPS) is 26.1. The number of nitrogens with one attached hydrogen (secondary N) is 1. The molecule has 2 rings (SSSR count). The maximum atomic E-state index is 11.9. The summed E-state index contributed by atoms with van der Waals surface area (Å²) in [5, 5.41) is 27.0. The summed E-state index contributed by atoms with van der Waals surface area (Å²) in [7, 11) is 0. The highest BCUT2D eigenvalue weighted by atomic mass is 32.2. The quantitative estimate of drug-likeness (QED) is 0.508. The zero-order valence-corrected chi connectivity index (χ0v) is 11.5. The fourth-order valence-electron chi connectivity index (χ4n) is 2.10. The molecule has 0 bridgehead atoms. The summed E-state index contributed by atoms with van der Waals surface area (Å²) in [6.45, 7) is 3.31. The Kier molecular flexibility index (Phi) is 4.48. The molecular weight excluding hydrogens is 284 g/mol. The van der Waals surface area contributed by atoms with Crippen LogP contribution < -0.4 is 11.2 Å². The van der Waals surface area contributed by atoms with Gasteiger partial charge in [0.05, 0.1) is 18.0 Å². The van der Waals surface area contributed by atoms with Crippen LogP contribution in [0.15, 0.2) is 27.9 Å². The molecule has 3 atom stereocenters. The van der Waals surface area contributed by atoms with Gasteiger partial charge in [0.15, 0.2) is 0 Å². The Balaban J connectivity index is 2.43. The van der Waals surface area contributed by atoms with Crippen LogP contribution in [-0.4, -0.2) is 49.4 Å². The van der Waals surface area contributed by atoms with E-state index < -0.39 is 28.0 Å². The van der Waals surface area contributed by atoms with Gasteiger partial charge in [0.1, 0.15) is 5.37 Å². The molecule has 0 aliphatic carbocycles. The first-order chi connectivity index (χ1) is 9.49. The summed E-state index contributed by atoms with van der Waals surface area (Å²) in [4.78, 5) is 25.6. The second-order valence-corrected chi connectivity index (χ2v) is 5.85. The number of H-pyrrole nitrogens is 1. The summed E-state index contributed by atoms with van der Waals surface area (Å²) in [6.07, 6.45) is 0.591. The van der Waals surface area contributed by atoms with Gasteiger partial charge in [-0.1, -0.05) is 6.58 Å². The third-order valence-electron chi connectivity index (χ3n) is 3.21. The van der Waals surface area contributed by atoms with E-state index in [0.717, 1.165) is 0 Å². The van der Waals surface area contributed by atoms with Crippen molar-refractivity contribution in [3.63, 3.8) is 0 Å². The molecule has 1 saturated heterocycles. The summed E-state index contributed by atoms with van der Waals surface area (Å²) in [6, 6.07) is 0. The molecule has 1 aliphatic heterocycles. The zero-order valence-electron chi connectivity index (χ0n) is 10.7. The number of hydrogen-bond acceptors (Lipinski definition) is 6. The molecule has 0 aromatic carbocycles. The molecule has 1 aromatic rings. The maximum absolute atomic E-state index is 11.9. The van der Waals surface area contributed by atoms with E-state index in [-0.39, 0.29) is 25.2 Å². The van der Waals surface area contributed by atoms with Crippen molar-refractivity contribution >= 4 is 11.8 Å². The number of aromatic amines is 1. The van der Waals surface area contributed by atoms with E-state index in [9.17, 15) is 19.8 Å². The minimum absolute atomic E-state index is 0.130. The van der Waals surface area contributed by atoms with E-state index in [1.807, 2.05) is 0 Å². The Morgan fingerprint density at radius 1 is 1.40 bits per heavy atom. The topological polar surface area (TPSA) is 116 Å². The average molecular weight is 300 g/mol. The van der Waals surface area contributed by atoms with Crippen molar-refractivity contribution in [2.75, 3.05) is 13.2 Å². The Bertz CT molecular complexity index is 623. The molecule has 0 amide bonds. The number of rotatable bonds is 4. The lowest BCUT2D eigenvalue weighted by Gasteiger charge is -2.15. The Hall–Kier alpha value is -1.35. The van der Waals surface area contributed by atoms with Crippen LogP contribution in [0.1, 0.15) is 10.9 Å². The van der Waals surface area contributed by atoms with Gasteiger partial charge in [-0.15, -0.1) is 11.8 Å². The number of aliphatic hydroxyl groups is 3. The molecule has 0 radical (unpaired) electrons. The number of nitrogens with zero attached hydrogens (tertiary/aromatic N) is 1. The van der Waals surface area contributed by atoms with Gasteiger partial charge in [0, 0.05) is 24.8 Å². The molecular formula is C12H16N2O5S. The summed E-state index contributed by atoms with van der Waals surface area (Å²) < 4.78 is 1.26. The van der Waals surface area contributed by atoms with E-state index in [0.29, 0.717) is 5.57 Å². The van der Waals surface area contributed by atoms with Crippen LogP contribution in [0, 0.1) is 0 Å². The number of thioether (sulfide) groups is 1. The second kappa shape index (κ2) is 5.96. The van der Waals surface area contributed by atoms with Gasteiger partial charge in [-0.2, -0.15) is 0 Å². The summed E-state index contributed by atoms with van der Waals surface area (Å²) >= 11 is 1.21. The smallest absolute Gasteiger partial charge is 0.329 e. The van der Waals surface area contributed by atoms with Crippen LogP contribution in [0.5, 0.6) is 0 Å². The van der Waals surface area contributed by atoms with Crippen molar-refractivity contribution in [3.8, 4) is 0 Å². The van der Waals surface area contributed by atoms with Gasteiger partial charge < -0.3 is 15.3 Å². The highest BCUT2D eigenvalue weighted by Crippen LogP contribution is 2.43. The standard InChI is InChI=1S/C12H16N2O5S/c1-6-9(17)8(5-16)20-11(6)14-4-7(2-3-15)10(18)13-12(14)19/h4,8-9,11,15-17H,1-3,5H2,(H,13,18,19)/t8-,9+,11+/m1/s1. The number of aliphatic hydroxyl groups excluding tert-OH is 3. The van der Waals surface area contributed by atoms with E-state index in [4.69, 9.17) is 5.11 Å². The first-order valence-electron chi connectivity index (χ1n) is 6.08. The molecule has 1 aliphatic rings. The minimum atomic E-state index is -0.907. The molecule has 7 nitrogen and oxygen atoms in total. The minimum Gasteiger partial charge on any atom is -0.396 e. The van der Waals surface area contributed by atoms with Gasteiger partial charge in [-0.05, 0) is 5.57 Å². The van der Waals surface area contributed by atoms with Crippen molar-refractivity contribution in [2.45, 2.75) is 23.1 Å². The lowest BCUT2D eigenvalue weighted by Crippen LogP contribution is -2.33. The average Bonchev–Trinajstić information content (AvgIpc) is 2.70. The summed E-state index contributed by atoms with van der Waals surface area (Å²) in [5.41, 5.74) is -0.463. The second-order valence-electron chi connectivity index (χ2n) is 4.52. The summed E-state index contributed by atoms with van der Waals surface area (Å²) in [5.74, 6) is 0. The SMILES string of the molecule is C=C1[C@H](O)[C@@H](CO)S[C@@H]1n1cc(CCO)c(=O)[nH]c1=O. The molecule has 1 aromatic heterocycles.